The van der Waals surface area contributed by atoms with Crippen LogP contribution in [-0.4, -0.2) is 10.9 Å². The molecule has 3 rings (SSSR count). The Balaban J connectivity index is 1.70. The topological polar surface area (TPSA) is 42.0 Å². The van der Waals surface area contributed by atoms with Gasteiger partial charge in [0.15, 0.2) is 0 Å². The van der Waals surface area contributed by atoms with Gasteiger partial charge in [-0.25, -0.2) is 0 Å². The van der Waals surface area contributed by atoms with E-state index in [2.05, 4.69) is 26.2 Å². The standard InChI is InChI=1S/C20H17BrN2O/c1-14(15-6-8-19(21)9-7-15)23-20(24)18-4-2-16(3-5-18)17-10-12-22-13-11-17/h2-14H,1H3,(H,23,24)/t14-/m1/s1. The zero-order valence-electron chi connectivity index (χ0n) is 13.2. The number of carbonyl (C=O) groups is 1. The molecule has 0 radical (unpaired) electrons. The minimum atomic E-state index is -0.0771. The minimum absolute atomic E-state index is 0.0505. The van der Waals surface area contributed by atoms with Crippen molar-refractivity contribution in [3.05, 3.63) is 88.7 Å². The van der Waals surface area contributed by atoms with Crippen LogP contribution in [0.1, 0.15) is 28.9 Å². The second-order valence-electron chi connectivity index (χ2n) is 5.56. The predicted molar refractivity (Wildman–Crippen MR) is 99.7 cm³/mol. The molecule has 0 bridgehead atoms. The van der Waals surface area contributed by atoms with Crippen LogP contribution in [-0.2, 0) is 0 Å². The molecule has 4 heteroatoms. The first kappa shape index (κ1) is 16.4. The highest BCUT2D eigenvalue weighted by atomic mass is 79.9. The highest BCUT2D eigenvalue weighted by molar-refractivity contribution is 9.10. The number of halogens is 1. The summed E-state index contributed by atoms with van der Waals surface area (Å²) >= 11 is 3.42. The molecular weight excluding hydrogens is 364 g/mol. The largest absolute Gasteiger partial charge is 0.346 e. The molecule has 120 valence electrons. The third-order valence-corrected chi connectivity index (χ3v) is 4.41. The van der Waals surface area contributed by atoms with Crippen molar-refractivity contribution < 1.29 is 4.79 Å². The Morgan fingerprint density at radius 3 is 2.12 bits per heavy atom. The maximum absolute atomic E-state index is 12.4. The molecule has 1 N–H and O–H groups in total. The lowest BCUT2D eigenvalue weighted by molar-refractivity contribution is 0.0940. The molecule has 0 aliphatic rings. The van der Waals surface area contributed by atoms with E-state index in [1.54, 1.807) is 12.4 Å². The summed E-state index contributed by atoms with van der Waals surface area (Å²) in [6.45, 7) is 1.98. The number of carbonyl (C=O) groups excluding carboxylic acids is 1. The van der Waals surface area contributed by atoms with Gasteiger partial charge in [0.05, 0.1) is 6.04 Å². The molecule has 1 atom stereocenters. The van der Waals surface area contributed by atoms with Crippen LogP contribution < -0.4 is 5.32 Å². The number of aromatic nitrogens is 1. The van der Waals surface area contributed by atoms with Crippen LogP contribution in [0, 0.1) is 0 Å². The van der Waals surface area contributed by atoms with Crippen LogP contribution in [0.3, 0.4) is 0 Å². The van der Waals surface area contributed by atoms with Gasteiger partial charge in [0.2, 0.25) is 0 Å². The Kier molecular flexibility index (Phi) is 5.06. The molecule has 24 heavy (non-hydrogen) atoms. The van der Waals surface area contributed by atoms with Gasteiger partial charge in [0.25, 0.3) is 5.91 Å². The van der Waals surface area contributed by atoms with Crippen LogP contribution in [0.5, 0.6) is 0 Å². The van der Waals surface area contributed by atoms with Crippen LogP contribution in [0.15, 0.2) is 77.5 Å². The van der Waals surface area contributed by atoms with E-state index in [0.29, 0.717) is 5.56 Å². The Labute approximate surface area is 149 Å². The number of rotatable bonds is 4. The molecule has 0 unspecified atom stereocenters. The van der Waals surface area contributed by atoms with Crippen molar-refractivity contribution in [2.24, 2.45) is 0 Å². The van der Waals surface area contributed by atoms with Gasteiger partial charge in [0.1, 0.15) is 0 Å². The average Bonchev–Trinajstić information content (AvgIpc) is 2.63. The quantitative estimate of drug-likeness (QED) is 0.691. The summed E-state index contributed by atoms with van der Waals surface area (Å²) in [5.41, 5.74) is 3.87. The van der Waals surface area contributed by atoms with Gasteiger partial charge in [-0.15, -0.1) is 0 Å². The fourth-order valence-electron chi connectivity index (χ4n) is 2.47. The Hall–Kier alpha value is -2.46. The van der Waals surface area contributed by atoms with E-state index in [1.807, 2.05) is 67.6 Å². The number of nitrogens with one attached hydrogen (secondary N) is 1. The van der Waals surface area contributed by atoms with Gasteiger partial charge in [-0.3, -0.25) is 9.78 Å². The zero-order chi connectivity index (χ0) is 16.9. The summed E-state index contributed by atoms with van der Waals surface area (Å²) < 4.78 is 1.02. The summed E-state index contributed by atoms with van der Waals surface area (Å²) in [5.74, 6) is -0.0771. The van der Waals surface area contributed by atoms with Crippen molar-refractivity contribution in [2.75, 3.05) is 0 Å². The molecule has 0 fully saturated rings. The van der Waals surface area contributed by atoms with Crippen LogP contribution >= 0.6 is 15.9 Å². The highest BCUT2D eigenvalue weighted by Crippen LogP contribution is 2.20. The van der Waals surface area contributed by atoms with Crippen molar-refractivity contribution in [1.29, 1.82) is 0 Å². The van der Waals surface area contributed by atoms with Crippen molar-refractivity contribution in [3.63, 3.8) is 0 Å². The lowest BCUT2D eigenvalue weighted by atomic mass is 10.0. The number of amides is 1. The third kappa shape index (κ3) is 3.89. The van der Waals surface area contributed by atoms with Crippen molar-refractivity contribution in [1.82, 2.24) is 10.3 Å². The monoisotopic (exact) mass is 380 g/mol. The van der Waals surface area contributed by atoms with Gasteiger partial charge >= 0.3 is 0 Å². The van der Waals surface area contributed by atoms with Crippen LogP contribution in [0.2, 0.25) is 0 Å². The number of hydrogen-bond acceptors (Lipinski definition) is 2. The fourth-order valence-corrected chi connectivity index (χ4v) is 2.74. The summed E-state index contributed by atoms with van der Waals surface area (Å²) in [6, 6.07) is 19.4. The van der Waals surface area contributed by atoms with Crippen LogP contribution in [0.25, 0.3) is 11.1 Å². The third-order valence-electron chi connectivity index (χ3n) is 3.88. The average molecular weight is 381 g/mol. The highest BCUT2D eigenvalue weighted by Gasteiger charge is 2.11. The maximum Gasteiger partial charge on any atom is 0.251 e. The molecular formula is C20H17BrN2O. The SMILES string of the molecule is C[C@@H](NC(=O)c1ccc(-c2ccncc2)cc1)c1ccc(Br)cc1. The molecule has 0 aliphatic heterocycles. The molecule has 0 saturated carbocycles. The summed E-state index contributed by atoms with van der Waals surface area (Å²) in [7, 11) is 0. The van der Waals surface area contributed by atoms with Crippen molar-refractivity contribution in [3.8, 4) is 11.1 Å². The first-order valence-corrected chi connectivity index (χ1v) is 8.49. The Morgan fingerprint density at radius 2 is 1.50 bits per heavy atom. The Morgan fingerprint density at radius 1 is 0.917 bits per heavy atom. The van der Waals surface area contributed by atoms with Gasteiger partial charge < -0.3 is 5.32 Å². The molecule has 0 aliphatic carbocycles. The normalized spacial score (nSPS) is 11.8. The predicted octanol–water partition coefficient (Wildman–Crippen LogP) is 5.00. The first-order valence-electron chi connectivity index (χ1n) is 7.70. The first-order chi connectivity index (χ1) is 11.6. The second-order valence-corrected chi connectivity index (χ2v) is 6.48. The van der Waals surface area contributed by atoms with E-state index >= 15 is 0 Å². The number of pyridine rings is 1. The summed E-state index contributed by atoms with van der Waals surface area (Å²) in [5, 5.41) is 3.03. The molecule has 2 aromatic carbocycles. The maximum atomic E-state index is 12.4. The molecule has 3 aromatic rings. The molecule has 1 aromatic heterocycles. The van der Waals surface area contributed by atoms with E-state index in [-0.39, 0.29) is 11.9 Å². The molecule has 3 nitrogen and oxygen atoms in total. The number of hydrogen-bond donors (Lipinski definition) is 1. The van der Waals surface area contributed by atoms with E-state index in [9.17, 15) is 4.79 Å². The van der Waals surface area contributed by atoms with Crippen molar-refractivity contribution >= 4 is 21.8 Å². The van der Waals surface area contributed by atoms with E-state index in [4.69, 9.17) is 0 Å². The van der Waals surface area contributed by atoms with E-state index in [1.165, 1.54) is 0 Å². The van der Waals surface area contributed by atoms with Gasteiger partial charge in [-0.2, -0.15) is 0 Å². The van der Waals surface area contributed by atoms with Gasteiger partial charge in [-0.1, -0.05) is 40.2 Å². The molecule has 1 heterocycles. The van der Waals surface area contributed by atoms with Gasteiger partial charge in [0, 0.05) is 22.4 Å². The molecule has 1 amide bonds. The van der Waals surface area contributed by atoms with Crippen LogP contribution in [0.4, 0.5) is 0 Å². The zero-order valence-corrected chi connectivity index (χ0v) is 14.8. The number of nitrogens with zero attached hydrogens (tertiary/aromatic N) is 1. The summed E-state index contributed by atoms with van der Waals surface area (Å²) in [6.07, 6.45) is 3.52. The fraction of sp³-hybridized carbons (Fsp3) is 0.100. The molecule has 0 spiro atoms. The minimum Gasteiger partial charge on any atom is -0.346 e. The smallest absolute Gasteiger partial charge is 0.251 e. The lowest BCUT2D eigenvalue weighted by Gasteiger charge is -2.14. The summed E-state index contributed by atoms with van der Waals surface area (Å²) in [4.78, 5) is 16.4. The second kappa shape index (κ2) is 7.41. The van der Waals surface area contributed by atoms with E-state index < -0.39 is 0 Å². The van der Waals surface area contributed by atoms with Crippen molar-refractivity contribution in [2.45, 2.75) is 13.0 Å². The van der Waals surface area contributed by atoms with Gasteiger partial charge in [-0.05, 0) is 60.0 Å². The van der Waals surface area contributed by atoms with E-state index in [0.717, 1.165) is 21.2 Å². The Bertz CT molecular complexity index is 815. The lowest BCUT2D eigenvalue weighted by Crippen LogP contribution is -2.26. The molecule has 0 saturated heterocycles. The number of benzene rings is 2.